The van der Waals surface area contributed by atoms with E-state index in [0.29, 0.717) is 0 Å². The molecule has 2 aromatic rings. The van der Waals surface area contributed by atoms with Crippen LogP contribution in [-0.4, -0.2) is 10.5 Å². The molecule has 0 N–H and O–H groups in total. The highest BCUT2D eigenvalue weighted by Crippen LogP contribution is 2.08. The van der Waals surface area contributed by atoms with Gasteiger partial charge in [-0.1, -0.05) is 30.3 Å². The van der Waals surface area contributed by atoms with Crippen LogP contribution < -0.4 is 5.56 Å². The normalized spacial score (nSPS) is 11.9. The van der Waals surface area contributed by atoms with Gasteiger partial charge in [0.2, 0.25) is 0 Å². The Bertz CT molecular complexity index is 646. The van der Waals surface area contributed by atoms with E-state index in [-0.39, 0.29) is 12.2 Å². The summed E-state index contributed by atoms with van der Waals surface area (Å²) in [4.78, 5) is 23.8. The van der Waals surface area contributed by atoms with Gasteiger partial charge in [0.1, 0.15) is 12.6 Å². The van der Waals surface area contributed by atoms with Crippen molar-refractivity contribution >= 4 is 5.97 Å². The lowest BCUT2D eigenvalue weighted by Crippen LogP contribution is -2.28. The smallest absolute Gasteiger partial charge is 0.329 e. The molecule has 0 aliphatic carbocycles. The Morgan fingerprint density at radius 3 is 2.60 bits per heavy atom. The van der Waals surface area contributed by atoms with Gasteiger partial charge in [0.25, 0.3) is 5.56 Å². The molecule has 2 rings (SSSR count). The highest BCUT2D eigenvalue weighted by Gasteiger charge is 2.17. The number of aromatic nitrogens is 1. The van der Waals surface area contributed by atoms with Crippen molar-refractivity contribution in [3.05, 3.63) is 70.1 Å². The molecule has 1 atom stereocenters. The third-order valence-corrected chi connectivity index (χ3v) is 3.09. The molecule has 104 valence electrons. The summed E-state index contributed by atoms with van der Waals surface area (Å²) in [5.41, 5.74) is 1.59. The SMILES string of the molecule is Cc1ccn(C(C)C(=O)OCc2ccccc2)c(=O)c1. The quantitative estimate of drug-likeness (QED) is 0.803. The summed E-state index contributed by atoms with van der Waals surface area (Å²) in [5.74, 6) is -0.417. The molecule has 0 amide bonds. The first-order valence-corrected chi connectivity index (χ1v) is 6.47. The first-order chi connectivity index (χ1) is 9.58. The van der Waals surface area contributed by atoms with Crippen molar-refractivity contribution in [3.63, 3.8) is 0 Å². The van der Waals surface area contributed by atoms with Crippen LogP contribution in [0.25, 0.3) is 0 Å². The van der Waals surface area contributed by atoms with E-state index < -0.39 is 12.0 Å². The largest absolute Gasteiger partial charge is 0.459 e. The van der Waals surface area contributed by atoms with Crippen LogP contribution >= 0.6 is 0 Å². The topological polar surface area (TPSA) is 48.3 Å². The minimum absolute atomic E-state index is 0.200. The summed E-state index contributed by atoms with van der Waals surface area (Å²) in [6.45, 7) is 3.71. The number of ether oxygens (including phenoxy) is 1. The molecule has 0 bridgehead atoms. The highest BCUT2D eigenvalue weighted by atomic mass is 16.5. The van der Waals surface area contributed by atoms with Gasteiger partial charge >= 0.3 is 5.97 Å². The number of hydrogen-bond acceptors (Lipinski definition) is 3. The number of pyridine rings is 1. The Labute approximate surface area is 117 Å². The van der Waals surface area contributed by atoms with E-state index >= 15 is 0 Å². The molecule has 1 unspecified atom stereocenters. The van der Waals surface area contributed by atoms with Gasteiger partial charge in [0.15, 0.2) is 0 Å². The van der Waals surface area contributed by atoms with Crippen molar-refractivity contribution < 1.29 is 9.53 Å². The molecular weight excluding hydrogens is 254 g/mol. The Hall–Kier alpha value is -2.36. The summed E-state index contributed by atoms with van der Waals surface area (Å²) in [7, 11) is 0. The van der Waals surface area contributed by atoms with Crippen LogP contribution in [0.15, 0.2) is 53.5 Å². The van der Waals surface area contributed by atoms with Crippen molar-refractivity contribution in [1.82, 2.24) is 4.57 Å². The fourth-order valence-electron chi connectivity index (χ4n) is 1.87. The minimum Gasteiger partial charge on any atom is -0.459 e. The maximum absolute atomic E-state index is 12.0. The predicted octanol–water partition coefficient (Wildman–Crippen LogP) is 2.46. The second-order valence-corrected chi connectivity index (χ2v) is 4.72. The molecule has 4 nitrogen and oxygen atoms in total. The Kier molecular flexibility index (Phi) is 4.35. The van der Waals surface area contributed by atoms with Gasteiger partial charge in [-0.3, -0.25) is 4.79 Å². The summed E-state index contributed by atoms with van der Waals surface area (Å²) < 4.78 is 6.61. The van der Waals surface area contributed by atoms with Crippen molar-refractivity contribution in [3.8, 4) is 0 Å². The van der Waals surface area contributed by atoms with Crippen molar-refractivity contribution in [2.24, 2.45) is 0 Å². The molecule has 0 saturated heterocycles. The number of aryl methyl sites for hydroxylation is 1. The molecule has 0 radical (unpaired) electrons. The van der Waals surface area contributed by atoms with Crippen molar-refractivity contribution in [2.45, 2.75) is 26.5 Å². The summed E-state index contributed by atoms with van der Waals surface area (Å²) in [5, 5.41) is 0. The van der Waals surface area contributed by atoms with Gasteiger partial charge < -0.3 is 9.30 Å². The lowest BCUT2D eigenvalue weighted by Gasteiger charge is -2.14. The van der Waals surface area contributed by atoms with Crippen LogP contribution in [0, 0.1) is 6.92 Å². The number of esters is 1. The van der Waals surface area contributed by atoms with E-state index in [1.165, 1.54) is 10.6 Å². The lowest BCUT2D eigenvalue weighted by atomic mass is 10.2. The molecule has 4 heteroatoms. The first kappa shape index (κ1) is 14.1. The maximum Gasteiger partial charge on any atom is 0.329 e. The van der Waals surface area contributed by atoms with Gasteiger partial charge in [-0.2, -0.15) is 0 Å². The monoisotopic (exact) mass is 271 g/mol. The molecule has 0 saturated carbocycles. The van der Waals surface area contributed by atoms with E-state index in [4.69, 9.17) is 4.74 Å². The van der Waals surface area contributed by atoms with Crippen LogP contribution in [0.5, 0.6) is 0 Å². The van der Waals surface area contributed by atoms with E-state index in [0.717, 1.165) is 11.1 Å². The molecule has 1 heterocycles. The molecule has 20 heavy (non-hydrogen) atoms. The number of hydrogen-bond donors (Lipinski definition) is 0. The molecule has 1 aromatic carbocycles. The van der Waals surface area contributed by atoms with E-state index in [9.17, 15) is 9.59 Å². The molecule has 0 fully saturated rings. The Morgan fingerprint density at radius 2 is 1.95 bits per heavy atom. The van der Waals surface area contributed by atoms with Crippen LogP contribution in [0.1, 0.15) is 24.1 Å². The molecule has 0 aliphatic rings. The minimum atomic E-state index is -0.633. The molecule has 1 aromatic heterocycles. The summed E-state index contributed by atoms with van der Waals surface area (Å²) in [6, 6.07) is 12.1. The number of nitrogens with zero attached hydrogens (tertiary/aromatic N) is 1. The summed E-state index contributed by atoms with van der Waals surface area (Å²) in [6.07, 6.45) is 1.62. The average molecular weight is 271 g/mol. The predicted molar refractivity (Wildman–Crippen MR) is 76.4 cm³/mol. The van der Waals surface area contributed by atoms with Crippen LogP contribution in [0.4, 0.5) is 0 Å². The highest BCUT2D eigenvalue weighted by molar-refractivity contribution is 5.73. The maximum atomic E-state index is 12.0. The second kappa shape index (κ2) is 6.19. The summed E-state index contributed by atoms with van der Waals surface area (Å²) >= 11 is 0. The van der Waals surface area contributed by atoms with E-state index in [2.05, 4.69) is 0 Å². The fourth-order valence-corrected chi connectivity index (χ4v) is 1.87. The van der Waals surface area contributed by atoms with Gasteiger partial charge in [0.05, 0.1) is 0 Å². The van der Waals surface area contributed by atoms with Gasteiger partial charge in [-0.25, -0.2) is 4.79 Å². The van der Waals surface area contributed by atoms with Crippen molar-refractivity contribution in [2.75, 3.05) is 0 Å². The number of rotatable bonds is 4. The number of carbonyl (C=O) groups excluding carboxylic acids is 1. The van der Waals surface area contributed by atoms with Gasteiger partial charge in [-0.15, -0.1) is 0 Å². The van der Waals surface area contributed by atoms with Crippen LogP contribution in [-0.2, 0) is 16.1 Å². The van der Waals surface area contributed by atoms with Crippen molar-refractivity contribution in [1.29, 1.82) is 0 Å². The third kappa shape index (κ3) is 3.35. The van der Waals surface area contributed by atoms with E-state index in [1.54, 1.807) is 19.2 Å². The van der Waals surface area contributed by atoms with E-state index in [1.807, 2.05) is 37.3 Å². The van der Waals surface area contributed by atoms with Gasteiger partial charge in [-0.05, 0) is 31.0 Å². The van der Waals surface area contributed by atoms with Gasteiger partial charge in [0, 0.05) is 12.3 Å². The van der Waals surface area contributed by atoms with Crippen LogP contribution in [0.3, 0.4) is 0 Å². The number of benzene rings is 1. The lowest BCUT2D eigenvalue weighted by molar-refractivity contribution is -0.148. The molecule has 0 aliphatic heterocycles. The molecule has 0 spiro atoms. The standard InChI is InChI=1S/C16H17NO3/c1-12-8-9-17(15(18)10-12)13(2)16(19)20-11-14-6-4-3-5-7-14/h3-10,13H,11H2,1-2H3. The average Bonchev–Trinajstić information content (AvgIpc) is 2.45. The zero-order chi connectivity index (χ0) is 14.5. The first-order valence-electron chi connectivity index (χ1n) is 6.47. The fraction of sp³-hybridized carbons (Fsp3) is 0.250. The Morgan fingerprint density at radius 1 is 1.25 bits per heavy atom. The Balaban J connectivity index is 2.03. The zero-order valence-corrected chi connectivity index (χ0v) is 11.6. The van der Waals surface area contributed by atoms with Crippen LogP contribution in [0.2, 0.25) is 0 Å². The zero-order valence-electron chi connectivity index (χ0n) is 11.6. The second-order valence-electron chi connectivity index (χ2n) is 4.72. The third-order valence-electron chi connectivity index (χ3n) is 3.09. The number of carbonyl (C=O) groups is 1. The molecular formula is C16H17NO3.